The van der Waals surface area contributed by atoms with Crippen molar-refractivity contribution in [2.45, 2.75) is 58.4 Å². The average molecular weight is 277 g/mol. The number of carbonyl (C=O) groups is 1. The van der Waals surface area contributed by atoms with Crippen LogP contribution < -0.4 is 5.32 Å². The fraction of sp³-hybridized carbons (Fsp3) is 0.588. The van der Waals surface area contributed by atoms with Crippen LogP contribution in [0.3, 0.4) is 0 Å². The first-order valence-corrected chi connectivity index (χ1v) is 7.72. The molecule has 0 fully saturated rings. The van der Waals surface area contributed by atoms with Gasteiger partial charge in [0.25, 0.3) is 0 Å². The van der Waals surface area contributed by atoms with E-state index in [9.17, 15) is 4.79 Å². The van der Waals surface area contributed by atoms with Crippen molar-refractivity contribution < 1.29 is 9.90 Å². The van der Waals surface area contributed by atoms with Gasteiger partial charge in [-0.25, -0.2) is 0 Å². The molecule has 112 valence electrons. The number of hydrogen-bond acceptors (Lipinski definition) is 2. The summed E-state index contributed by atoms with van der Waals surface area (Å²) in [5.74, 6) is -0.737. The van der Waals surface area contributed by atoms with Gasteiger partial charge in [0.2, 0.25) is 0 Å². The van der Waals surface area contributed by atoms with Crippen molar-refractivity contribution in [3.05, 3.63) is 35.4 Å². The number of carboxylic acid groups (broad SMARTS) is 1. The second-order valence-corrected chi connectivity index (χ2v) is 5.30. The van der Waals surface area contributed by atoms with Crippen LogP contribution in [0.15, 0.2) is 24.3 Å². The lowest BCUT2D eigenvalue weighted by atomic mass is 10.1. The zero-order valence-corrected chi connectivity index (χ0v) is 12.5. The lowest BCUT2D eigenvalue weighted by Gasteiger charge is -2.06. The van der Waals surface area contributed by atoms with Crippen LogP contribution in [0.4, 0.5) is 0 Å². The molecular formula is C17H27NO2. The summed E-state index contributed by atoms with van der Waals surface area (Å²) in [5, 5.41) is 12.1. The van der Waals surface area contributed by atoms with Crippen LogP contribution in [0.25, 0.3) is 0 Å². The van der Waals surface area contributed by atoms with Crippen molar-refractivity contribution in [1.29, 1.82) is 0 Å². The third-order valence-electron chi connectivity index (χ3n) is 3.44. The van der Waals surface area contributed by atoms with Crippen LogP contribution in [-0.4, -0.2) is 17.6 Å². The van der Waals surface area contributed by atoms with Gasteiger partial charge >= 0.3 is 5.97 Å². The standard InChI is InChI=1S/C17H27NO2/c1-2-3-4-5-6-13-18-14-16-9-7-15(8-10-16)11-12-17(19)20/h7-10,18H,2-6,11-14H2,1H3,(H,19,20). The predicted molar refractivity (Wildman–Crippen MR) is 82.9 cm³/mol. The molecular weight excluding hydrogens is 250 g/mol. The summed E-state index contributed by atoms with van der Waals surface area (Å²) in [6, 6.07) is 8.23. The van der Waals surface area contributed by atoms with Crippen LogP contribution in [0.5, 0.6) is 0 Å². The van der Waals surface area contributed by atoms with E-state index >= 15 is 0 Å². The zero-order chi connectivity index (χ0) is 14.6. The van der Waals surface area contributed by atoms with Crippen LogP contribution in [0.2, 0.25) is 0 Å². The molecule has 20 heavy (non-hydrogen) atoms. The molecule has 3 heteroatoms. The molecule has 1 aromatic rings. The zero-order valence-electron chi connectivity index (χ0n) is 12.5. The molecule has 2 N–H and O–H groups in total. The van der Waals surface area contributed by atoms with Crippen molar-refractivity contribution in [3.63, 3.8) is 0 Å². The Hall–Kier alpha value is -1.35. The lowest BCUT2D eigenvalue weighted by Crippen LogP contribution is -2.14. The highest BCUT2D eigenvalue weighted by atomic mass is 16.4. The highest BCUT2D eigenvalue weighted by Gasteiger charge is 1.99. The molecule has 1 aromatic carbocycles. The molecule has 3 nitrogen and oxygen atoms in total. The van der Waals surface area contributed by atoms with E-state index < -0.39 is 5.97 Å². The molecule has 0 heterocycles. The normalized spacial score (nSPS) is 10.7. The van der Waals surface area contributed by atoms with Crippen LogP contribution >= 0.6 is 0 Å². The van der Waals surface area contributed by atoms with E-state index in [-0.39, 0.29) is 6.42 Å². The largest absolute Gasteiger partial charge is 0.481 e. The maximum Gasteiger partial charge on any atom is 0.303 e. The van der Waals surface area contributed by atoms with Gasteiger partial charge in [0.15, 0.2) is 0 Å². The van der Waals surface area contributed by atoms with E-state index in [1.54, 1.807) is 0 Å². The Morgan fingerprint density at radius 3 is 2.35 bits per heavy atom. The third kappa shape index (κ3) is 7.95. The molecule has 0 aliphatic carbocycles. The molecule has 1 rings (SSSR count). The fourth-order valence-electron chi connectivity index (χ4n) is 2.16. The highest BCUT2D eigenvalue weighted by molar-refractivity contribution is 5.67. The molecule has 0 aliphatic rings. The van der Waals surface area contributed by atoms with E-state index in [2.05, 4.69) is 24.4 Å². The molecule has 0 atom stereocenters. The van der Waals surface area contributed by atoms with Crippen LogP contribution in [0.1, 0.15) is 56.6 Å². The monoisotopic (exact) mass is 277 g/mol. The van der Waals surface area contributed by atoms with Gasteiger partial charge in [-0.05, 0) is 30.5 Å². The van der Waals surface area contributed by atoms with Gasteiger partial charge in [0.1, 0.15) is 0 Å². The van der Waals surface area contributed by atoms with Crippen LogP contribution in [-0.2, 0) is 17.8 Å². The Kier molecular flexibility index (Phi) is 8.72. The molecule has 0 radical (unpaired) electrons. The van der Waals surface area contributed by atoms with Gasteiger partial charge in [0, 0.05) is 13.0 Å². The highest BCUT2D eigenvalue weighted by Crippen LogP contribution is 2.07. The first-order valence-electron chi connectivity index (χ1n) is 7.72. The number of benzene rings is 1. The van der Waals surface area contributed by atoms with E-state index in [0.717, 1.165) is 18.7 Å². The summed E-state index contributed by atoms with van der Waals surface area (Å²) in [6.07, 6.45) is 7.36. The second-order valence-electron chi connectivity index (χ2n) is 5.30. The van der Waals surface area contributed by atoms with E-state index in [4.69, 9.17) is 5.11 Å². The first kappa shape index (κ1) is 16.7. The van der Waals surface area contributed by atoms with Crippen molar-refractivity contribution in [2.24, 2.45) is 0 Å². The van der Waals surface area contributed by atoms with Gasteiger partial charge in [-0.3, -0.25) is 4.79 Å². The van der Waals surface area contributed by atoms with Gasteiger partial charge in [-0.2, -0.15) is 0 Å². The lowest BCUT2D eigenvalue weighted by molar-refractivity contribution is -0.136. The quantitative estimate of drug-likeness (QED) is 0.605. The maximum absolute atomic E-state index is 10.5. The maximum atomic E-state index is 10.5. The summed E-state index contributed by atoms with van der Waals surface area (Å²) in [5.41, 5.74) is 2.35. The topological polar surface area (TPSA) is 49.3 Å². The molecule has 0 amide bonds. The molecule has 0 unspecified atom stereocenters. The summed E-state index contributed by atoms with van der Waals surface area (Å²) in [6.45, 7) is 4.20. The van der Waals surface area contributed by atoms with Gasteiger partial charge < -0.3 is 10.4 Å². The molecule has 0 aliphatic heterocycles. The number of rotatable bonds is 11. The second kappa shape index (κ2) is 10.4. The Morgan fingerprint density at radius 1 is 1.05 bits per heavy atom. The minimum Gasteiger partial charge on any atom is -0.481 e. The minimum absolute atomic E-state index is 0.204. The molecule has 0 aromatic heterocycles. The summed E-state index contributed by atoms with van der Waals surface area (Å²) >= 11 is 0. The number of carboxylic acids is 1. The Balaban J connectivity index is 2.13. The number of hydrogen-bond donors (Lipinski definition) is 2. The van der Waals surface area contributed by atoms with E-state index in [1.807, 2.05) is 12.1 Å². The fourth-order valence-corrected chi connectivity index (χ4v) is 2.16. The van der Waals surface area contributed by atoms with Gasteiger partial charge in [-0.1, -0.05) is 56.9 Å². The van der Waals surface area contributed by atoms with Crippen molar-refractivity contribution in [2.75, 3.05) is 6.54 Å². The Morgan fingerprint density at radius 2 is 1.70 bits per heavy atom. The van der Waals surface area contributed by atoms with Crippen LogP contribution in [0, 0.1) is 0 Å². The van der Waals surface area contributed by atoms with Crippen molar-refractivity contribution in [1.82, 2.24) is 5.32 Å². The van der Waals surface area contributed by atoms with E-state index in [0.29, 0.717) is 6.42 Å². The first-order chi connectivity index (χ1) is 9.72. The Bertz CT molecular complexity index is 373. The molecule has 0 spiro atoms. The smallest absolute Gasteiger partial charge is 0.303 e. The molecule has 0 saturated carbocycles. The summed E-state index contributed by atoms with van der Waals surface area (Å²) < 4.78 is 0. The number of aliphatic carboxylic acids is 1. The average Bonchev–Trinajstić information content (AvgIpc) is 2.45. The predicted octanol–water partition coefficient (Wildman–Crippen LogP) is 3.76. The van der Waals surface area contributed by atoms with E-state index in [1.165, 1.54) is 37.7 Å². The molecule has 0 saturated heterocycles. The van der Waals surface area contributed by atoms with Crippen molar-refractivity contribution >= 4 is 5.97 Å². The van der Waals surface area contributed by atoms with Gasteiger partial charge in [-0.15, -0.1) is 0 Å². The van der Waals surface area contributed by atoms with Crippen molar-refractivity contribution in [3.8, 4) is 0 Å². The minimum atomic E-state index is -0.737. The third-order valence-corrected chi connectivity index (χ3v) is 3.44. The Labute approximate surface area is 122 Å². The molecule has 0 bridgehead atoms. The number of nitrogens with one attached hydrogen (secondary N) is 1. The summed E-state index contributed by atoms with van der Waals surface area (Å²) in [7, 11) is 0. The van der Waals surface area contributed by atoms with Gasteiger partial charge in [0.05, 0.1) is 0 Å². The number of aryl methyl sites for hydroxylation is 1. The number of unbranched alkanes of at least 4 members (excludes halogenated alkanes) is 4. The SMILES string of the molecule is CCCCCCCNCc1ccc(CCC(=O)O)cc1. The summed E-state index contributed by atoms with van der Waals surface area (Å²) in [4.78, 5) is 10.5.